The van der Waals surface area contributed by atoms with Crippen molar-refractivity contribution >= 4 is 45.7 Å². The molecule has 1 aromatic heterocycles. The molecule has 1 amide bonds. The van der Waals surface area contributed by atoms with E-state index in [1.807, 2.05) is 93.6 Å². The predicted octanol–water partition coefficient (Wildman–Crippen LogP) is 6.38. The van der Waals surface area contributed by atoms with Crippen LogP contribution in [0.4, 0.5) is 5.13 Å². The second-order valence-electron chi connectivity index (χ2n) is 9.02. The molecule has 4 aromatic rings. The van der Waals surface area contributed by atoms with E-state index < -0.39 is 17.7 Å². The van der Waals surface area contributed by atoms with Crippen molar-refractivity contribution in [1.29, 1.82) is 0 Å². The van der Waals surface area contributed by atoms with Gasteiger partial charge in [0.05, 0.1) is 11.6 Å². The van der Waals surface area contributed by atoms with E-state index in [4.69, 9.17) is 0 Å². The lowest BCUT2D eigenvalue weighted by atomic mass is 9.93. The van der Waals surface area contributed by atoms with Crippen LogP contribution in [0.5, 0.6) is 0 Å². The average Bonchev–Trinajstić information content (AvgIpc) is 3.47. The number of ketones is 1. The van der Waals surface area contributed by atoms with E-state index in [2.05, 4.69) is 10.2 Å². The topological polar surface area (TPSA) is 83.4 Å². The first-order valence-electron chi connectivity index (χ1n) is 11.8. The first-order chi connectivity index (χ1) is 17.8. The van der Waals surface area contributed by atoms with Gasteiger partial charge in [-0.3, -0.25) is 14.5 Å². The minimum atomic E-state index is -0.819. The van der Waals surface area contributed by atoms with Crippen LogP contribution in [0.1, 0.15) is 39.4 Å². The zero-order valence-electron chi connectivity index (χ0n) is 20.6. The highest BCUT2D eigenvalue weighted by molar-refractivity contribution is 8.00. The molecule has 0 bridgehead atoms. The minimum absolute atomic E-state index is 0.0521. The summed E-state index contributed by atoms with van der Waals surface area (Å²) in [6, 6.07) is 22.5. The molecule has 1 saturated heterocycles. The van der Waals surface area contributed by atoms with Crippen molar-refractivity contribution in [2.45, 2.75) is 36.9 Å². The molecule has 37 heavy (non-hydrogen) atoms. The number of anilines is 1. The van der Waals surface area contributed by atoms with Gasteiger partial charge in [-0.2, -0.15) is 0 Å². The quantitative estimate of drug-likeness (QED) is 0.103. The van der Waals surface area contributed by atoms with Crippen LogP contribution >= 0.6 is 23.1 Å². The molecule has 1 unspecified atom stereocenters. The lowest BCUT2D eigenvalue weighted by molar-refractivity contribution is -0.132. The number of amides is 1. The van der Waals surface area contributed by atoms with Crippen molar-refractivity contribution in [3.63, 3.8) is 0 Å². The average molecular weight is 528 g/mol. The fourth-order valence-electron chi connectivity index (χ4n) is 4.31. The highest BCUT2D eigenvalue weighted by atomic mass is 32.2. The first-order valence-corrected chi connectivity index (χ1v) is 13.6. The maximum atomic E-state index is 13.4. The molecule has 0 aliphatic carbocycles. The number of carbonyl (C=O) groups excluding carboxylic acids is 2. The predicted molar refractivity (Wildman–Crippen MR) is 148 cm³/mol. The normalized spacial score (nSPS) is 16.9. The summed E-state index contributed by atoms with van der Waals surface area (Å²) in [5.41, 5.74) is 5.25. The molecule has 186 valence electrons. The molecular weight excluding hydrogens is 502 g/mol. The third-order valence-electron chi connectivity index (χ3n) is 6.29. The summed E-state index contributed by atoms with van der Waals surface area (Å²) in [4.78, 5) is 28.2. The van der Waals surface area contributed by atoms with Crippen LogP contribution in [-0.4, -0.2) is 27.0 Å². The Morgan fingerprint density at radius 1 is 0.946 bits per heavy atom. The fourth-order valence-corrected chi connectivity index (χ4v) is 6.13. The monoisotopic (exact) mass is 527 g/mol. The first kappa shape index (κ1) is 24.9. The zero-order chi connectivity index (χ0) is 26.1. The maximum absolute atomic E-state index is 13.4. The smallest absolute Gasteiger partial charge is 0.301 e. The summed E-state index contributed by atoms with van der Waals surface area (Å²) >= 11 is 2.78. The lowest BCUT2D eigenvalue weighted by Crippen LogP contribution is -2.29. The van der Waals surface area contributed by atoms with Gasteiger partial charge in [0.25, 0.3) is 5.78 Å². The third-order valence-corrected chi connectivity index (χ3v) is 8.42. The van der Waals surface area contributed by atoms with E-state index in [1.54, 1.807) is 0 Å². The van der Waals surface area contributed by atoms with Crippen LogP contribution in [-0.2, 0) is 15.3 Å². The van der Waals surface area contributed by atoms with Crippen molar-refractivity contribution in [3.8, 4) is 0 Å². The fraction of sp³-hybridized carbons (Fsp3) is 0.172. The molecule has 1 aliphatic rings. The van der Waals surface area contributed by atoms with Crippen molar-refractivity contribution in [3.05, 3.63) is 112 Å². The highest BCUT2D eigenvalue weighted by Crippen LogP contribution is 2.44. The molecule has 0 radical (unpaired) electrons. The summed E-state index contributed by atoms with van der Waals surface area (Å²) < 4.78 is 0.693. The van der Waals surface area contributed by atoms with Crippen molar-refractivity contribution in [2.75, 3.05) is 4.90 Å². The number of aryl methyl sites for hydroxylation is 3. The molecule has 1 fully saturated rings. The molecule has 2 heterocycles. The minimum Gasteiger partial charge on any atom is -0.507 e. The number of nitrogens with zero attached hydrogens (tertiary/aromatic N) is 3. The van der Waals surface area contributed by atoms with Crippen LogP contribution < -0.4 is 4.90 Å². The van der Waals surface area contributed by atoms with Gasteiger partial charge in [0, 0.05) is 11.3 Å². The standard InChI is InChI=1S/C29H25N3O3S2/c1-17-10-13-21(14-11-17)24-23(25(33)22-15-18(2)9-12-19(22)3)26(34)27(35)32(24)28-30-31-29(37-28)36-16-20-7-5-4-6-8-20/h4-15,24,33H,16H2,1-3H3. The van der Waals surface area contributed by atoms with E-state index in [1.165, 1.54) is 28.0 Å². The molecule has 0 spiro atoms. The van der Waals surface area contributed by atoms with Gasteiger partial charge in [0.1, 0.15) is 5.76 Å². The van der Waals surface area contributed by atoms with E-state index in [-0.39, 0.29) is 11.3 Å². The Morgan fingerprint density at radius 2 is 1.65 bits per heavy atom. The number of benzene rings is 3. The number of hydrogen-bond acceptors (Lipinski definition) is 7. The van der Waals surface area contributed by atoms with Crippen LogP contribution in [0.25, 0.3) is 5.76 Å². The molecular formula is C29H25N3O3S2. The van der Waals surface area contributed by atoms with Crippen molar-refractivity contribution in [1.82, 2.24) is 10.2 Å². The van der Waals surface area contributed by atoms with Gasteiger partial charge in [-0.1, -0.05) is 101 Å². The molecule has 1 N–H and O–H groups in total. The number of aliphatic hydroxyl groups is 1. The van der Waals surface area contributed by atoms with Crippen LogP contribution in [0.2, 0.25) is 0 Å². The van der Waals surface area contributed by atoms with Gasteiger partial charge in [-0.05, 0) is 43.5 Å². The number of Topliss-reactive ketones (excluding diaryl/α,β-unsaturated/α-hetero) is 1. The zero-order valence-corrected chi connectivity index (χ0v) is 22.3. The molecule has 1 aliphatic heterocycles. The number of aliphatic hydroxyl groups excluding tert-OH is 1. The maximum Gasteiger partial charge on any atom is 0.301 e. The summed E-state index contributed by atoms with van der Waals surface area (Å²) in [6.45, 7) is 5.76. The van der Waals surface area contributed by atoms with Gasteiger partial charge in [-0.15, -0.1) is 10.2 Å². The van der Waals surface area contributed by atoms with Crippen LogP contribution in [0.15, 0.2) is 82.7 Å². The SMILES string of the molecule is Cc1ccc(C2C(=C(O)c3cc(C)ccc3C)C(=O)C(=O)N2c2nnc(SCc3ccccc3)s2)cc1. The molecule has 8 heteroatoms. The molecule has 5 rings (SSSR count). The molecule has 1 atom stereocenters. The summed E-state index contributed by atoms with van der Waals surface area (Å²) in [5, 5.41) is 20.3. The number of carbonyl (C=O) groups is 2. The van der Waals surface area contributed by atoms with Crippen LogP contribution in [0.3, 0.4) is 0 Å². The van der Waals surface area contributed by atoms with Gasteiger partial charge >= 0.3 is 5.91 Å². The highest BCUT2D eigenvalue weighted by Gasteiger charge is 2.48. The van der Waals surface area contributed by atoms with Crippen molar-refractivity contribution < 1.29 is 14.7 Å². The Labute approximate surface area is 223 Å². The number of rotatable bonds is 6. The summed E-state index contributed by atoms with van der Waals surface area (Å²) in [5.74, 6) is -0.941. The summed E-state index contributed by atoms with van der Waals surface area (Å²) in [6.07, 6.45) is 0. The second kappa shape index (κ2) is 10.3. The van der Waals surface area contributed by atoms with Crippen LogP contribution in [0, 0.1) is 20.8 Å². The van der Waals surface area contributed by atoms with Gasteiger partial charge in [0.2, 0.25) is 5.13 Å². The van der Waals surface area contributed by atoms with E-state index in [9.17, 15) is 14.7 Å². The lowest BCUT2D eigenvalue weighted by Gasteiger charge is -2.23. The van der Waals surface area contributed by atoms with E-state index in [0.717, 1.165) is 22.3 Å². The second-order valence-corrected chi connectivity index (χ2v) is 11.2. The molecule has 0 saturated carbocycles. The van der Waals surface area contributed by atoms with Gasteiger partial charge < -0.3 is 5.11 Å². The molecule has 6 nitrogen and oxygen atoms in total. The summed E-state index contributed by atoms with van der Waals surface area (Å²) in [7, 11) is 0. The van der Waals surface area contributed by atoms with Crippen molar-refractivity contribution in [2.24, 2.45) is 0 Å². The Morgan fingerprint density at radius 3 is 2.38 bits per heavy atom. The Hall–Kier alpha value is -3.75. The third kappa shape index (κ3) is 4.95. The Bertz CT molecular complexity index is 1510. The largest absolute Gasteiger partial charge is 0.507 e. The number of aromatic nitrogens is 2. The van der Waals surface area contributed by atoms with E-state index in [0.29, 0.717) is 26.4 Å². The Balaban J connectivity index is 1.58. The molecule has 3 aromatic carbocycles. The Kier molecular flexibility index (Phi) is 6.95. The number of hydrogen-bond donors (Lipinski definition) is 1. The van der Waals surface area contributed by atoms with Gasteiger partial charge in [-0.25, -0.2) is 0 Å². The van der Waals surface area contributed by atoms with Gasteiger partial charge in [0.15, 0.2) is 4.34 Å². The van der Waals surface area contributed by atoms with E-state index >= 15 is 0 Å². The number of thioether (sulfide) groups is 1.